The smallest absolute Gasteiger partial charge is 0.225 e. The molecule has 0 saturated carbocycles. The molecule has 1 unspecified atom stereocenters. The van der Waals surface area contributed by atoms with Gasteiger partial charge in [-0.05, 0) is 74.7 Å². The van der Waals surface area contributed by atoms with Crippen molar-refractivity contribution < 1.29 is 13.9 Å². The zero-order chi connectivity index (χ0) is 22.4. The van der Waals surface area contributed by atoms with Crippen LogP contribution in [0.2, 0.25) is 0 Å². The van der Waals surface area contributed by atoms with Gasteiger partial charge in [-0.2, -0.15) is 0 Å². The fourth-order valence-electron chi connectivity index (χ4n) is 5.76. The minimum atomic E-state index is 0.259. The molecule has 0 amide bonds. The van der Waals surface area contributed by atoms with E-state index in [0.29, 0.717) is 18.4 Å². The van der Waals surface area contributed by atoms with Crippen molar-refractivity contribution in [3.63, 3.8) is 0 Å². The molecule has 6 rings (SSSR count). The molecule has 0 N–H and O–H groups in total. The molecule has 1 aliphatic carbocycles. The van der Waals surface area contributed by atoms with Gasteiger partial charge < -0.3 is 18.6 Å². The first-order valence-corrected chi connectivity index (χ1v) is 12.0. The summed E-state index contributed by atoms with van der Waals surface area (Å²) in [5.41, 5.74) is 5.48. The van der Waals surface area contributed by atoms with E-state index >= 15 is 0 Å². The van der Waals surface area contributed by atoms with E-state index in [-0.39, 0.29) is 5.78 Å². The molecule has 33 heavy (non-hydrogen) atoms. The first-order valence-electron chi connectivity index (χ1n) is 12.0. The number of nitrogens with zero attached hydrogens (tertiary/aromatic N) is 3. The lowest BCUT2D eigenvalue weighted by Gasteiger charge is -2.31. The van der Waals surface area contributed by atoms with Gasteiger partial charge in [-0.3, -0.25) is 4.79 Å². The van der Waals surface area contributed by atoms with Crippen LogP contribution in [0.3, 0.4) is 0 Å². The summed E-state index contributed by atoms with van der Waals surface area (Å²) in [5, 5.41) is 2.41. The minimum Gasteiger partial charge on any atom is -0.445 e. The van der Waals surface area contributed by atoms with Crippen LogP contribution in [0.15, 0.2) is 47.2 Å². The Kier molecular flexibility index (Phi) is 5.27. The number of Topliss-reactive ketones (excluding diaryl/α,β-unsaturated/α-hetero) is 1. The molecule has 6 nitrogen and oxygen atoms in total. The third-order valence-electron chi connectivity index (χ3n) is 7.37. The first-order chi connectivity index (χ1) is 16.2. The van der Waals surface area contributed by atoms with Crippen LogP contribution in [0.1, 0.15) is 41.6 Å². The van der Waals surface area contributed by atoms with Gasteiger partial charge in [-0.25, -0.2) is 4.98 Å². The van der Waals surface area contributed by atoms with Crippen molar-refractivity contribution >= 4 is 27.6 Å². The van der Waals surface area contributed by atoms with Crippen molar-refractivity contribution in [3.05, 3.63) is 53.9 Å². The number of aryl methyl sites for hydroxylation is 2. The lowest BCUT2D eigenvalue weighted by Crippen LogP contribution is -2.39. The average molecular weight is 444 g/mol. The van der Waals surface area contributed by atoms with E-state index in [1.807, 2.05) is 13.2 Å². The molecule has 1 atom stereocenters. The number of hydrogen-bond acceptors (Lipinski definition) is 5. The second-order valence-electron chi connectivity index (χ2n) is 9.28. The fourth-order valence-corrected chi connectivity index (χ4v) is 5.76. The SMILES string of the molecule is COC1CCCN(CCCn2c3ccc(-c4ncco4)cc3c3c4c(ccc32)C(=O)CC4)C1. The number of methoxy groups -OCH3 is 1. The molecule has 2 aliphatic rings. The van der Waals surface area contributed by atoms with Gasteiger partial charge in [0, 0.05) is 59.6 Å². The van der Waals surface area contributed by atoms with E-state index in [2.05, 4.69) is 38.7 Å². The van der Waals surface area contributed by atoms with E-state index in [1.165, 1.54) is 33.8 Å². The molecule has 2 aromatic heterocycles. The van der Waals surface area contributed by atoms with Gasteiger partial charge in [0.1, 0.15) is 6.26 Å². The summed E-state index contributed by atoms with van der Waals surface area (Å²) in [6.07, 6.45) is 8.51. The van der Waals surface area contributed by atoms with Crippen molar-refractivity contribution in [2.24, 2.45) is 0 Å². The number of rotatable bonds is 6. The van der Waals surface area contributed by atoms with Crippen LogP contribution in [0.25, 0.3) is 33.3 Å². The van der Waals surface area contributed by atoms with E-state index in [0.717, 1.165) is 56.6 Å². The highest BCUT2D eigenvalue weighted by Crippen LogP contribution is 2.38. The second-order valence-corrected chi connectivity index (χ2v) is 9.28. The van der Waals surface area contributed by atoms with Crippen molar-refractivity contribution in [2.45, 2.75) is 44.8 Å². The van der Waals surface area contributed by atoms with Gasteiger partial charge in [0.25, 0.3) is 0 Å². The lowest BCUT2D eigenvalue weighted by atomic mass is 10.0. The van der Waals surface area contributed by atoms with E-state index in [4.69, 9.17) is 9.15 Å². The monoisotopic (exact) mass is 443 g/mol. The van der Waals surface area contributed by atoms with E-state index in [9.17, 15) is 4.79 Å². The number of carbonyl (C=O) groups is 1. The number of ether oxygens (including phenoxy) is 1. The zero-order valence-electron chi connectivity index (χ0n) is 19.0. The summed E-state index contributed by atoms with van der Waals surface area (Å²) in [5.74, 6) is 0.883. The Bertz CT molecular complexity index is 1320. The van der Waals surface area contributed by atoms with Crippen LogP contribution in [-0.2, 0) is 17.7 Å². The van der Waals surface area contributed by atoms with Crippen LogP contribution in [0.5, 0.6) is 0 Å². The standard InChI is InChI=1S/C27H29N3O3/c1-32-19-4-2-12-29(17-19)13-3-14-30-23-8-5-18(27-28-11-15-33-27)16-22(23)26-21-7-10-25(31)20(21)6-9-24(26)30/h5-6,8-9,11,15-16,19H,2-4,7,10,12-14,17H2,1H3. The van der Waals surface area contributed by atoms with Gasteiger partial charge in [0.15, 0.2) is 5.78 Å². The van der Waals surface area contributed by atoms with Gasteiger partial charge in [0.05, 0.1) is 12.3 Å². The third kappa shape index (κ3) is 3.58. The Morgan fingerprint density at radius 3 is 2.91 bits per heavy atom. The maximum Gasteiger partial charge on any atom is 0.225 e. The van der Waals surface area contributed by atoms with Crippen LogP contribution in [0, 0.1) is 0 Å². The van der Waals surface area contributed by atoms with Crippen molar-refractivity contribution in [1.29, 1.82) is 0 Å². The highest BCUT2D eigenvalue weighted by molar-refractivity contribution is 6.15. The lowest BCUT2D eigenvalue weighted by molar-refractivity contribution is 0.0308. The van der Waals surface area contributed by atoms with E-state index < -0.39 is 0 Å². The number of ketones is 1. The summed E-state index contributed by atoms with van der Waals surface area (Å²) in [4.78, 5) is 19.3. The van der Waals surface area contributed by atoms with Crippen LogP contribution in [-0.4, -0.2) is 53.1 Å². The summed E-state index contributed by atoms with van der Waals surface area (Å²) < 4.78 is 13.6. The summed E-state index contributed by atoms with van der Waals surface area (Å²) in [6.45, 7) is 4.19. The van der Waals surface area contributed by atoms with Gasteiger partial charge in [-0.1, -0.05) is 0 Å². The highest BCUT2D eigenvalue weighted by atomic mass is 16.5. The molecular formula is C27H29N3O3. The predicted molar refractivity (Wildman–Crippen MR) is 129 cm³/mol. The van der Waals surface area contributed by atoms with Crippen LogP contribution < -0.4 is 0 Å². The van der Waals surface area contributed by atoms with Gasteiger partial charge >= 0.3 is 0 Å². The van der Waals surface area contributed by atoms with Crippen LogP contribution in [0.4, 0.5) is 0 Å². The molecule has 1 saturated heterocycles. The van der Waals surface area contributed by atoms with Gasteiger partial charge in [-0.15, -0.1) is 0 Å². The molecule has 2 aromatic carbocycles. The van der Waals surface area contributed by atoms with Crippen molar-refractivity contribution in [3.8, 4) is 11.5 Å². The molecular weight excluding hydrogens is 414 g/mol. The highest BCUT2D eigenvalue weighted by Gasteiger charge is 2.25. The zero-order valence-corrected chi connectivity index (χ0v) is 19.0. The maximum absolute atomic E-state index is 12.5. The summed E-state index contributed by atoms with van der Waals surface area (Å²) in [6, 6.07) is 10.6. The minimum absolute atomic E-state index is 0.259. The molecule has 4 aromatic rings. The molecule has 1 aliphatic heterocycles. The number of benzene rings is 2. The largest absolute Gasteiger partial charge is 0.445 e. The number of oxazole rings is 1. The molecule has 3 heterocycles. The third-order valence-corrected chi connectivity index (χ3v) is 7.37. The predicted octanol–water partition coefficient (Wildman–Crippen LogP) is 5.08. The maximum atomic E-state index is 12.5. The molecule has 1 fully saturated rings. The van der Waals surface area contributed by atoms with Crippen LogP contribution >= 0.6 is 0 Å². The number of piperidine rings is 1. The Balaban J connectivity index is 1.38. The van der Waals surface area contributed by atoms with Gasteiger partial charge in [0.2, 0.25) is 5.89 Å². The first kappa shape index (κ1) is 20.6. The molecule has 0 bridgehead atoms. The number of hydrogen-bond donors (Lipinski definition) is 0. The molecule has 170 valence electrons. The molecule has 0 radical (unpaired) electrons. The Morgan fingerprint density at radius 1 is 1.15 bits per heavy atom. The Hall–Kier alpha value is -2.96. The Morgan fingerprint density at radius 2 is 2.06 bits per heavy atom. The second kappa shape index (κ2) is 8.43. The number of carbonyl (C=O) groups excluding carboxylic acids is 1. The van der Waals surface area contributed by atoms with E-state index in [1.54, 1.807) is 12.5 Å². The quantitative estimate of drug-likeness (QED) is 0.416. The van der Waals surface area contributed by atoms with Crippen molar-refractivity contribution in [1.82, 2.24) is 14.5 Å². The van der Waals surface area contributed by atoms with Crippen molar-refractivity contribution in [2.75, 3.05) is 26.7 Å². The number of likely N-dealkylation sites (tertiary alicyclic amines) is 1. The fraction of sp³-hybridized carbons (Fsp3) is 0.407. The summed E-state index contributed by atoms with van der Waals surface area (Å²) in [7, 11) is 1.82. The number of aromatic nitrogens is 2. The Labute approximate surface area is 193 Å². The molecule has 0 spiro atoms. The normalized spacial score (nSPS) is 19.1. The topological polar surface area (TPSA) is 60.5 Å². The number of fused-ring (bicyclic) bond motifs is 5. The average Bonchev–Trinajstić information content (AvgIpc) is 3.58. The summed E-state index contributed by atoms with van der Waals surface area (Å²) >= 11 is 0. The molecule has 6 heteroatoms.